The van der Waals surface area contributed by atoms with Crippen LogP contribution in [0.5, 0.6) is 0 Å². The molecule has 4 aromatic carbocycles. The van der Waals surface area contributed by atoms with Gasteiger partial charge in [0.2, 0.25) is 5.91 Å². The molecule has 1 amide bonds. The van der Waals surface area contributed by atoms with Gasteiger partial charge in [-0.25, -0.2) is 14.4 Å². The molecule has 2 aliphatic heterocycles. The van der Waals surface area contributed by atoms with Crippen molar-refractivity contribution >= 4 is 23.8 Å². The molecule has 12 heteroatoms. The van der Waals surface area contributed by atoms with Crippen molar-refractivity contribution in [2.75, 3.05) is 13.2 Å². The van der Waals surface area contributed by atoms with E-state index in [1.165, 1.54) is 148 Å². The molecule has 482 valence electrons. The molecule has 2 saturated heterocycles. The summed E-state index contributed by atoms with van der Waals surface area (Å²) >= 11 is 0. The Hall–Kier alpha value is -5.92. The van der Waals surface area contributed by atoms with E-state index in [1.54, 1.807) is 84.9 Å². The van der Waals surface area contributed by atoms with E-state index in [4.69, 9.17) is 33.2 Å². The third-order valence-corrected chi connectivity index (χ3v) is 16.8. The fourth-order valence-corrected chi connectivity index (χ4v) is 11.5. The summed E-state index contributed by atoms with van der Waals surface area (Å²) in [7, 11) is 0. The summed E-state index contributed by atoms with van der Waals surface area (Å²) in [6.07, 6.45) is 38.6. The van der Waals surface area contributed by atoms with E-state index in [2.05, 4.69) is 31.3 Å². The molecule has 6 rings (SSSR count). The molecule has 2 heterocycles. The maximum atomic E-state index is 14.2. The van der Waals surface area contributed by atoms with Crippen LogP contribution in [-0.2, 0) is 38.0 Å². The zero-order valence-electron chi connectivity index (χ0n) is 53.5. The summed E-state index contributed by atoms with van der Waals surface area (Å²) in [5, 5.41) is 3.20. The third kappa shape index (κ3) is 27.9. The van der Waals surface area contributed by atoms with E-state index in [0.29, 0.717) is 12.0 Å². The van der Waals surface area contributed by atoms with Gasteiger partial charge in [0.1, 0.15) is 18.3 Å². The Labute approximate surface area is 528 Å². The first-order valence-corrected chi connectivity index (χ1v) is 34.3. The minimum Gasteiger partial charge on any atom is -0.452 e. The zero-order valence-corrected chi connectivity index (χ0v) is 53.5. The van der Waals surface area contributed by atoms with E-state index in [0.717, 1.165) is 50.5 Å². The number of amides is 1. The SMILES string of the molecule is CCCCCCCC/C=C/CCCCCCCCCCCCCC(=O)N[C@@H](CO[C@@H]1O[C@@H]2COC(c3ccccc3)O[C@H]2[C@H](OC(=O)c2ccccc2)[C@H]1OC(=O)c1ccccc1)[C@@H](/C=C/CCCCCCCCCCCCC)OC(=O)c1ccccc1. The average molecular weight is 1210 g/mol. The Morgan fingerprint density at radius 2 is 0.886 bits per heavy atom. The lowest BCUT2D eigenvalue weighted by atomic mass is 9.96. The lowest BCUT2D eigenvalue weighted by molar-refractivity contribution is -0.360. The molecule has 2 aliphatic rings. The van der Waals surface area contributed by atoms with Gasteiger partial charge in [0.15, 0.2) is 24.8 Å². The van der Waals surface area contributed by atoms with Gasteiger partial charge in [-0.3, -0.25) is 4.79 Å². The first-order valence-electron chi connectivity index (χ1n) is 34.3. The fraction of sp³-hybridized carbons (Fsp3) is 0.579. The van der Waals surface area contributed by atoms with Gasteiger partial charge in [0.25, 0.3) is 0 Å². The van der Waals surface area contributed by atoms with Gasteiger partial charge in [0.05, 0.1) is 35.9 Å². The largest absolute Gasteiger partial charge is 0.452 e. The number of allylic oxidation sites excluding steroid dienone is 3. The number of unbranched alkanes of at least 4 members (excludes halogenated alkanes) is 28. The molecule has 1 N–H and O–H groups in total. The predicted octanol–water partition coefficient (Wildman–Crippen LogP) is 18.6. The zero-order chi connectivity index (χ0) is 61.9. The standard InChI is InChI=1S/C76H107NO11/c1-3-5-7-9-11-13-15-17-18-19-20-21-22-23-24-26-28-30-32-34-48-58-68(78)77-65(66(84-72(79)61-49-39-35-40-50-61)57-47-33-31-29-27-25-16-14-12-10-8-6-4-2)59-82-76-71(87-74(81)63-53-43-37-44-54-63)70(86-73(80)62-51-41-36-42-52-62)69-67(85-76)60-83-75(88-69)64-55-45-38-46-56-64/h17-18,35-47,49-57,65-67,69-71,75-76H,3-16,19-34,48,58-60H2,1-2H3,(H,77,78)/b18-17+,57-47+/t65-,66+,67+,69+,70-,71+,75?,76+/m0/s1. The van der Waals surface area contributed by atoms with Gasteiger partial charge >= 0.3 is 17.9 Å². The van der Waals surface area contributed by atoms with Crippen LogP contribution in [0, 0.1) is 0 Å². The molecule has 0 spiro atoms. The number of esters is 3. The number of nitrogens with one attached hydrogen (secondary N) is 1. The Kier molecular flexibility index (Phi) is 36.0. The van der Waals surface area contributed by atoms with Crippen molar-refractivity contribution in [3.63, 3.8) is 0 Å². The van der Waals surface area contributed by atoms with Crippen molar-refractivity contribution in [2.45, 2.75) is 268 Å². The molecule has 0 aromatic heterocycles. The number of ether oxygens (including phenoxy) is 7. The second-order valence-corrected chi connectivity index (χ2v) is 24.1. The van der Waals surface area contributed by atoms with Crippen molar-refractivity contribution in [1.29, 1.82) is 0 Å². The molecule has 4 aromatic rings. The van der Waals surface area contributed by atoms with Crippen LogP contribution >= 0.6 is 0 Å². The molecule has 2 fully saturated rings. The number of rotatable bonds is 46. The summed E-state index contributed by atoms with van der Waals surface area (Å²) in [6.45, 7) is 4.28. The Morgan fingerprint density at radius 1 is 0.477 bits per heavy atom. The van der Waals surface area contributed by atoms with Crippen LogP contribution in [0.25, 0.3) is 0 Å². The Morgan fingerprint density at radius 3 is 1.36 bits per heavy atom. The highest BCUT2D eigenvalue weighted by molar-refractivity contribution is 5.91. The number of benzene rings is 4. The fourth-order valence-electron chi connectivity index (χ4n) is 11.5. The summed E-state index contributed by atoms with van der Waals surface area (Å²) in [5.41, 5.74) is 1.63. The molecule has 0 radical (unpaired) electrons. The van der Waals surface area contributed by atoms with Crippen LogP contribution in [-0.4, -0.2) is 79.9 Å². The van der Waals surface area contributed by atoms with E-state index in [-0.39, 0.29) is 36.7 Å². The van der Waals surface area contributed by atoms with Crippen molar-refractivity contribution in [3.8, 4) is 0 Å². The molecule has 0 saturated carbocycles. The van der Waals surface area contributed by atoms with Gasteiger partial charge in [-0.15, -0.1) is 0 Å². The number of hydrogen-bond donors (Lipinski definition) is 1. The molecule has 0 bridgehead atoms. The van der Waals surface area contributed by atoms with Gasteiger partial charge in [0, 0.05) is 12.0 Å². The normalized spacial score (nSPS) is 19.0. The van der Waals surface area contributed by atoms with Crippen LogP contribution in [0.3, 0.4) is 0 Å². The number of hydrogen-bond acceptors (Lipinski definition) is 11. The lowest BCUT2D eigenvalue weighted by Crippen LogP contribution is -2.64. The molecule has 0 aliphatic carbocycles. The molecule has 1 unspecified atom stereocenters. The summed E-state index contributed by atoms with van der Waals surface area (Å²) in [4.78, 5) is 56.6. The maximum absolute atomic E-state index is 14.2. The van der Waals surface area contributed by atoms with Crippen molar-refractivity contribution in [1.82, 2.24) is 5.32 Å². The number of carbonyl (C=O) groups excluding carboxylic acids is 4. The van der Waals surface area contributed by atoms with Gasteiger partial charge in [-0.2, -0.15) is 0 Å². The summed E-state index contributed by atoms with van der Waals surface area (Å²) in [6, 6.07) is 34.3. The molecule has 12 nitrogen and oxygen atoms in total. The lowest BCUT2D eigenvalue weighted by Gasteiger charge is -2.48. The predicted molar refractivity (Wildman–Crippen MR) is 351 cm³/mol. The van der Waals surface area contributed by atoms with Gasteiger partial charge in [-0.1, -0.05) is 271 Å². The third-order valence-electron chi connectivity index (χ3n) is 16.8. The highest BCUT2D eigenvalue weighted by atomic mass is 16.8. The smallest absolute Gasteiger partial charge is 0.338 e. The van der Waals surface area contributed by atoms with Crippen LogP contribution < -0.4 is 5.32 Å². The van der Waals surface area contributed by atoms with E-state index in [1.807, 2.05) is 48.6 Å². The van der Waals surface area contributed by atoms with Crippen LogP contribution in [0.15, 0.2) is 146 Å². The minimum absolute atomic E-state index is 0.0137. The topological polar surface area (TPSA) is 145 Å². The van der Waals surface area contributed by atoms with Crippen LogP contribution in [0.2, 0.25) is 0 Å². The molecule has 88 heavy (non-hydrogen) atoms. The second-order valence-electron chi connectivity index (χ2n) is 24.1. The number of fused-ring (bicyclic) bond motifs is 1. The Balaban J connectivity index is 1.13. The monoisotopic (exact) mass is 1210 g/mol. The molecule has 8 atom stereocenters. The molecular formula is C76H107NO11. The first-order chi connectivity index (χ1) is 43.3. The quantitative estimate of drug-likeness (QED) is 0.0195. The van der Waals surface area contributed by atoms with Crippen LogP contribution in [0.4, 0.5) is 0 Å². The molecular weight excluding hydrogens is 1100 g/mol. The van der Waals surface area contributed by atoms with Crippen LogP contribution in [0.1, 0.15) is 262 Å². The van der Waals surface area contributed by atoms with E-state index in [9.17, 15) is 19.2 Å². The van der Waals surface area contributed by atoms with Crippen molar-refractivity contribution in [3.05, 3.63) is 168 Å². The average Bonchev–Trinajstić information content (AvgIpc) is 1.26. The summed E-state index contributed by atoms with van der Waals surface area (Å²) < 4.78 is 45.5. The van der Waals surface area contributed by atoms with Gasteiger partial charge in [-0.05, 0) is 87.4 Å². The van der Waals surface area contributed by atoms with E-state index >= 15 is 0 Å². The highest BCUT2D eigenvalue weighted by Crippen LogP contribution is 2.38. The van der Waals surface area contributed by atoms with Crippen molar-refractivity contribution < 1.29 is 52.3 Å². The Bertz CT molecular complexity index is 2520. The van der Waals surface area contributed by atoms with Gasteiger partial charge < -0.3 is 38.5 Å². The second kappa shape index (κ2) is 44.5. The van der Waals surface area contributed by atoms with E-state index < -0.39 is 67.0 Å². The highest BCUT2D eigenvalue weighted by Gasteiger charge is 2.55. The maximum Gasteiger partial charge on any atom is 0.338 e. The minimum atomic E-state index is -1.40. The summed E-state index contributed by atoms with van der Waals surface area (Å²) in [5.74, 6) is -2.15. The first kappa shape index (κ1) is 71.2. The number of carbonyl (C=O) groups is 4. The van der Waals surface area contributed by atoms with Crippen molar-refractivity contribution in [2.24, 2.45) is 0 Å².